The zero-order chi connectivity index (χ0) is 22.6. The van der Waals surface area contributed by atoms with Crippen LogP contribution in [0.1, 0.15) is 64.4 Å². The van der Waals surface area contributed by atoms with Crippen molar-refractivity contribution in [1.82, 2.24) is 4.98 Å². The van der Waals surface area contributed by atoms with Crippen LogP contribution in [-0.4, -0.2) is 24.0 Å². The second-order valence-electron chi connectivity index (χ2n) is 8.53. The minimum absolute atomic E-state index is 0.0203. The molecule has 1 aromatic heterocycles. The van der Waals surface area contributed by atoms with Crippen LogP contribution >= 0.6 is 0 Å². The number of anilines is 2. The van der Waals surface area contributed by atoms with Crippen molar-refractivity contribution in [2.75, 3.05) is 23.3 Å². The third-order valence-corrected chi connectivity index (χ3v) is 5.88. The Bertz CT molecular complexity index is 958. The zero-order valence-electron chi connectivity index (χ0n) is 19.6. The van der Waals surface area contributed by atoms with Crippen LogP contribution in [-0.2, 0) is 11.2 Å². The molecule has 0 atom stereocenters. The van der Waals surface area contributed by atoms with E-state index in [1.807, 2.05) is 30.3 Å². The van der Waals surface area contributed by atoms with Crippen molar-refractivity contribution < 1.29 is 4.79 Å². The number of carbonyl (C=O) groups is 1. The molecule has 1 heterocycles. The number of rotatable bonds is 13. The summed E-state index contributed by atoms with van der Waals surface area (Å²) in [5.41, 5.74) is 4.18. The highest BCUT2D eigenvalue weighted by Gasteiger charge is 2.08. The van der Waals surface area contributed by atoms with Crippen molar-refractivity contribution in [3.8, 4) is 0 Å². The third-order valence-electron chi connectivity index (χ3n) is 5.88. The minimum atomic E-state index is 0.0203. The molecule has 32 heavy (non-hydrogen) atoms. The van der Waals surface area contributed by atoms with Crippen molar-refractivity contribution in [3.05, 3.63) is 66.4 Å². The van der Waals surface area contributed by atoms with Gasteiger partial charge >= 0.3 is 0 Å². The number of pyridine rings is 1. The van der Waals surface area contributed by atoms with Crippen molar-refractivity contribution in [3.63, 3.8) is 0 Å². The number of hydrogen-bond acceptors (Lipinski definition) is 3. The van der Waals surface area contributed by atoms with Gasteiger partial charge in [0.15, 0.2) is 0 Å². The second kappa shape index (κ2) is 12.8. The smallest absolute Gasteiger partial charge is 0.224 e. The Morgan fingerprint density at radius 2 is 1.59 bits per heavy atom. The summed E-state index contributed by atoms with van der Waals surface area (Å²) in [5.74, 6) is 0.0203. The quantitative estimate of drug-likeness (QED) is 0.297. The minimum Gasteiger partial charge on any atom is -0.372 e. The fourth-order valence-electron chi connectivity index (χ4n) is 3.97. The molecule has 4 heteroatoms. The average molecular weight is 432 g/mol. The van der Waals surface area contributed by atoms with Crippen molar-refractivity contribution in [2.45, 2.75) is 65.2 Å². The SMILES string of the molecule is CCCCCN(CCCCC)c1ccc(CCC(=O)Nc2cnc3ccccc3c2)cc1. The van der Waals surface area contributed by atoms with Gasteiger partial charge in [0.1, 0.15) is 0 Å². The number of carbonyl (C=O) groups excluding carboxylic acids is 1. The molecule has 0 radical (unpaired) electrons. The first-order chi connectivity index (χ1) is 15.7. The number of nitrogens with zero attached hydrogens (tertiary/aromatic N) is 2. The lowest BCUT2D eigenvalue weighted by Gasteiger charge is -2.25. The van der Waals surface area contributed by atoms with E-state index >= 15 is 0 Å². The standard InChI is InChI=1S/C28H37N3O/c1-3-5-9-19-31(20-10-6-4-2)26-16-13-23(14-17-26)15-18-28(32)30-25-21-24-11-7-8-12-27(24)29-22-25/h7-8,11-14,16-17,21-22H,3-6,9-10,15,18-20H2,1-2H3,(H,30,32). The Morgan fingerprint density at radius 3 is 2.28 bits per heavy atom. The molecular weight excluding hydrogens is 394 g/mol. The van der Waals surface area contributed by atoms with Crippen molar-refractivity contribution in [2.24, 2.45) is 0 Å². The molecule has 4 nitrogen and oxygen atoms in total. The molecule has 1 N–H and O–H groups in total. The van der Waals surface area contributed by atoms with Crippen LogP contribution in [0.25, 0.3) is 10.9 Å². The molecule has 2 aromatic carbocycles. The lowest BCUT2D eigenvalue weighted by atomic mass is 10.1. The molecule has 0 aliphatic carbocycles. The highest BCUT2D eigenvalue weighted by Crippen LogP contribution is 2.19. The number of nitrogens with one attached hydrogen (secondary N) is 1. The number of fused-ring (bicyclic) bond motifs is 1. The number of unbranched alkanes of at least 4 members (excludes halogenated alkanes) is 4. The Balaban J connectivity index is 1.52. The van der Waals surface area contributed by atoms with E-state index in [1.165, 1.54) is 49.8 Å². The number of benzene rings is 2. The van der Waals surface area contributed by atoms with Crippen LogP contribution in [0, 0.1) is 0 Å². The molecule has 0 bridgehead atoms. The molecule has 0 saturated carbocycles. The van der Waals surface area contributed by atoms with Gasteiger partial charge in [0.25, 0.3) is 0 Å². The highest BCUT2D eigenvalue weighted by atomic mass is 16.1. The van der Waals surface area contributed by atoms with Crippen molar-refractivity contribution >= 4 is 28.2 Å². The van der Waals surface area contributed by atoms with Crippen LogP contribution in [0.2, 0.25) is 0 Å². The van der Waals surface area contributed by atoms with E-state index in [1.54, 1.807) is 6.20 Å². The third kappa shape index (κ3) is 7.37. The van der Waals surface area contributed by atoms with E-state index in [4.69, 9.17) is 0 Å². The molecule has 3 rings (SSSR count). The number of amides is 1. The lowest BCUT2D eigenvalue weighted by Crippen LogP contribution is -2.25. The number of para-hydroxylation sites is 1. The second-order valence-corrected chi connectivity index (χ2v) is 8.53. The topological polar surface area (TPSA) is 45.2 Å². The molecule has 0 fully saturated rings. The van der Waals surface area contributed by atoms with Gasteiger partial charge < -0.3 is 10.2 Å². The van der Waals surface area contributed by atoms with Gasteiger partial charge in [-0.3, -0.25) is 9.78 Å². The molecule has 3 aromatic rings. The molecule has 170 valence electrons. The summed E-state index contributed by atoms with van der Waals surface area (Å²) in [6.07, 6.45) is 10.5. The molecule has 0 saturated heterocycles. The maximum Gasteiger partial charge on any atom is 0.224 e. The summed E-state index contributed by atoms with van der Waals surface area (Å²) < 4.78 is 0. The monoisotopic (exact) mass is 431 g/mol. The van der Waals surface area contributed by atoms with Crippen LogP contribution in [0.15, 0.2) is 60.8 Å². The molecule has 0 unspecified atom stereocenters. The first-order valence-electron chi connectivity index (χ1n) is 12.2. The van der Waals surface area contributed by atoms with Crippen LogP contribution in [0.3, 0.4) is 0 Å². The Kier molecular flexibility index (Phi) is 9.55. The lowest BCUT2D eigenvalue weighted by molar-refractivity contribution is -0.116. The molecular formula is C28H37N3O. The summed E-state index contributed by atoms with van der Waals surface area (Å²) in [7, 11) is 0. The fraction of sp³-hybridized carbons (Fsp3) is 0.429. The van der Waals surface area contributed by atoms with E-state index in [0.29, 0.717) is 6.42 Å². The van der Waals surface area contributed by atoms with Crippen LogP contribution in [0.5, 0.6) is 0 Å². The Hall–Kier alpha value is -2.88. The molecule has 0 aliphatic rings. The predicted molar refractivity (Wildman–Crippen MR) is 136 cm³/mol. The average Bonchev–Trinajstić information content (AvgIpc) is 2.82. The van der Waals surface area contributed by atoms with Gasteiger partial charge in [-0.15, -0.1) is 0 Å². The van der Waals surface area contributed by atoms with Gasteiger partial charge in [0, 0.05) is 30.6 Å². The Labute approximate surface area is 193 Å². The zero-order valence-corrected chi connectivity index (χ0v) is 19.6. The summed E-state index contributed by atoms with van der Waals surface area (Å²) in [4.78, 5) is 19.4. The number of aryl methyl sites for hydroxylation is 1. The molecule has 0 spiro atoms. The first kappa shape index (κ1) is 23.8. The van der Waals surface area contributed by atoms with E-state index in [2.05, 4.69) is 53.3 Å². The predicted octanol–water partition coefficient (Wildman–Crippen LogP) is 6.99. The highest BCUT2D eigenvalue weighted by molar-refractivity contribution is 5.93. The molecule has 0 aliphatic heterocycles. The number of hydrogen-bond donors (Lipinski definition) is 1. The summed E-state index contributed by atoms with van der Waals surface area (Å²) in [6.45, 7) is 6.75. The largest absolute Gasteiger partial charge is 0.372 e. The van der Waals surface area contributed by atoms with Gasteiger partial charge in [-0.1, -0.05) is 69.9 Å². The van der Waals surface area contributed by atoms with Crippen LogP contribution < -0.4 is 10.2 Å². The maximum absolute atomic E-state index is 12.4. The molecule has 1 amide bonds. The Morgan fingerprint density at radius 1 is 0.906 bits per heavy atom. The number of aromatic nitrogens is 1. The maximum atomic E-state index is 12.4. The summed E-state index contributed by atoms with van der Waals surface area (Å²) >= 11 is 0. The van der Waals surface area contributed by atoms with Crippen LogP contribution in [0.4, 0.5) is 11.4 Å². The van der Waals surface area contributed by atoms with E-state index in [-0.39, 0.29) is 5.91 Å². The van der Waals surface area contributed by atoms with E-state index in [9.17, 15) is 4.79 Å². The van der Waals surface area contributed by atoms with Gasteiger partial charge in [0.05, 0.1) is 17.4 Å². The first-order valence-corrected chi connectivity index (χ1v) is 12.2. The van der Waals surface area contributed by atoms with Gasteiger partial charge in [-0.25, -0.2) is 0 Å². The van der Waals surface area contributed by atoms with E-state index < -0.39 is 0 Å². The normalized spacial score (nSPS) is 10.9. The van der Waals surface area contributed by atoms with Crippen molar-refractivity contribution in [1.29, 1.82) is 0 Å². The van der Waals surface area contributed by atoms with Gasteiger partial charge in [0.2, 0.25) is 5.91 Å². The van der Waals surface area contributed by atoms with Gasteiger partial charge in [-0.2, -0.15) is 0 Å². The van der Waals surface area contributed by atoms with E-state index in [0.717, 1.165) is 36.1 Å². The van der Waals surface area contributed by atoms with Gasteiger partial charge in [-0.05, 0) is 49.1 Å². The fourth-order valence-corrected chi connectivity index (χ4v) is 3.97. The summed E-state index contributed by atoms with van der Waals surface area (Å²) in [6, 6.07) is 18.7. The summed E-state index contributed by atoms with van der Waals surface area (Å²) in [5, 5.41) is 4.01.